The van der Waals surface area contributed by atoms with E-state index in [2.05, 4.69) is 0 Å². The lowest BCUT2D eigenvalue weighted by molar-refractivity contribution is -0.139. The monoisotopic (exact) mass is 301 g/mol. The van der Waals surface area contributed by atoms with Gasteiger partial charge in [-0.1, -0.05) is 6.07 Å². The summed E-state index contributed by atoms with van der Waals surface area (Å²) in [7, 11) is 0. The molecule has 1 heterocycles. The van der Waals surface area contributed by atoms with E-state index < -0.39 is 11.7 Å². The highest BCUT2D eigenvalue weighted by atomic mass is 32.1. The Balaban J connectivity index is 2.22. The number of nitrogens with two attached hydrogens (primary N) is 1. The molecule has 0 unspecified atom stereocenters. The lowest BCUT2D eigenvalue weighted by atomic mass is 10.1. The minimum absolute atomic E-state index is 0.128. The molecule has 0 fully saturated rings. The molecule has 0 bridgehead atoms. The lowest BCUT2D eigenvalue weighted by Crippen LogP contribution is -2.10. The smallest absolute Gasteiger partial charge is 0.419 e. The van der Waals surface area contributed by atoms with Gasteiger partial charge in [0.1, 0.15) is 12.4 Å². The van der Waals surface area contributed by atoms with Crippen molar-refractivity contribution in [3.05, 3.63) is 51.7 Å². The van der Waals surface area contributed by atoms with Crippen molar-refractivity contribution in [2.75, 3.05) is 6.54 Å². The Bertz CT molecular complexity index is 552. The Labute approximate surface area is 119 Å². The minimum atomic E-state index is -4.44. The second-order valence-corrected chi connectivity index (χ2v) is 5.07. The van der Waals surface area contributed by atoms with E-state index in [9.17, 15) is 13.2 Å². The first-order chi connectivity index (χ1) is 9.50. The number of halogens is 3. The molecule has 2 aromatic rings. The molecule has 2 rings (SSSR count). The van der Waals surface area contributed by atoms with Crippen LogP contribution in [0.2, 0.25) is 0 Å². The van der Waals surface area contributed by atoms with Crippen LogP contribution >= 0.6 is 11.3 Å². The van der Waals surface area contributed by atoms with E-state index in [-0.39, 0.29) is 12.4 Å². The Morgan fingerprint density at radius 3 is 2.55 bits per heavy atom. The molecular formula is C14H14F3NOS. The van der Waals surface area contributed by atoms with Gasteiger partial charge in [-0.15, -0.1) is 0 Å². The molecule has 1 aromatic heterocycles. The van der Waals surface area contributed by atoms with E-state index in [1.807, 2.05) is 16.8 Å². The fourth-order valence-corrected chi connectivity index (χ4v) is 2.44. The summed E-state index contributed by atoms with van der Waals surface area (Å²) in [5, 5.41) is 3.70. The third kappa shape index (κ3) is 3.74. The second-order valence-electron chi connectivity index (χ2n) is 4.29. The molecular weight excluding hydrogens is 287 g/mol. The van der Waals surface area contributed by atoms with E-state index >= 15 is 0 Å². The summed E-state index contributed by atoms with van der Waals surface area (Å²) in [5.74, 6) is -0.149. The highest BCUT2D eigenvalue weighted by Crippen LogP contribution is 2.37. The van der Waals surface area contributed by atoms with Crippen molar-refractivity contribution < 1.29 is 17.9 Å². The highest BCUT2D eigenvalue weighted by Gasteiger charge is 2.34. The summed E-state index contributed by atoms with van der Waals surface area (Å²) in [6.45, 7) is 0.440. The molecule has 0 spiro atoms. The quantitative estimate of drug-likeness (QED) is 0.910. The largest absolute Gasteiger partial charge is 0.488 e. The van der Waals surface area contributed by atoms with Crippen LogP contribution in [0.1, 0.15) is 16.7 Å². The van der Waals surface area contributed by atoms with Crippen molar-refractivity contribution in [3.63, 3.8) is 0 Å². The maximum absolute atomic E-state index is 13.0. The van der Waals surface area contributed by atoms with Gasteiger partial charge in [-0.05, 0) is 53.1 Å². The normalized spacial score (nSPS) is 11.6. The number of benzene rings is 1. The Morgan fingerprint density at radius 2 is 1.95 bits per heavy atom. The van der Waals surface area contributed by atoms with Crippen LogP contribution in [0.3, 0.4) is 0 Å². The summed E-state index contributed by atoms with van der Waals surface area (Å²) in [6.07, 6.45) is -4.03. The van der Waals surface area contributed by atoms with Gasteiger partial charge in [0.05, 0.1) is 5.56 Å². The van der Waals surface area contributed by atoms with Gasteiger partial charge in [-0.2, -0.15) is 24.5 Å². The zero-order valence-corrected chi connectivity index (χ0v) is 11.4. The first-order valence-electron chi connectivity index (χ1n) is 6.05. The molecule has 0 atom stereocenters. The average Bonchev–Trinajstić information content (AvgIpc) is 2.89. The Hall–Kier alpha value is -1.53. The van der Waals surface area contributed by atoms with Gasteiger partial charge < -0.3 is 10.5 Å². The predicted octanol–water partition coefficient (Wildman–Crippen LogP) is 3.85. The maximum atomic E-state index is 13.0. The van der Waals surface area contributed by atoms with Crippen molar-refractivity contribution >= 4 is 11.3 Å². The standard InChI is InChI=1S/C14H14F3NOS/c15-14(16,17)12-7-10(3-5-18)1-2-13(12)19-8-11-4-6-20-9-11/h1-2,4,6-7,9H,3,5,8,18H2. The summed E-state index contributed by atoms with van der Waals surface area (Å²) in [6, 6.07) is 5.90. The lowest BCUT2D eigenvalue weighted by Gasteiger charge is -2.15. The van der Waals surface area contributed by atoms with Crippen LogP contribution in [-0.4, -0.2) is 6.54 Å². The third-order valence-electron chi connectivity index (χ3n) is 2.76. The fraction of sp³-hybridized carbons (Fsp3) is 0.286. The van der Waals surface area contributed by atoms with E-state index in [0.717, 1.165) is 11.6 Å². The highest BCUT2D eigenvalue weighted by molar-refractivity contribution is 7.07. The van der Waals surface area contributed by atoms with Crippen molar-refractivity contribution in [1.29, 1.82) is 0 Å². The summed E-state index contributed by atoms with van der Waals surface area (Å²) >= 11 is 1.48. The number of hydrogen-bond acceptors (Lipinski definition) is 3. The number of ether oxygens (including phenoxy) is 1. The van der Waals surface area contributed by atoms with Crippen molar-refractivity contribution in [2.45, 2.75) is 19.2 Å². The third-order valence-corrected chi connectivity index (χ3v) is 3.49. The molecule has 2 nitrogen and oxygen atoms in total. The van der Waals surface area contributed by atoms with Crippen molar-refractivity contribution in [2.24, 2.45) is 5.73 Å². The van der Waals surface area contributed by atoms with Gasteiger partial charge in [0.25, 0.3) is 0 Å². The maximum Gasteiger partial charge on any atom is 0.419 e. The van der Waals surface area contributed by atoms with Gasteiger partial charge in [0.2, 0.25) is 0 Å². The van der Waals surface area contributed by atoms with Gasteiger partial charge >= 0.3 is 6.18 Å². The summed E-state index contributed by atoms with van der Waals surface area (Å²) < 4.78 is 44.4. The zero-order chi connectivity index (χ0) is 14.6. The molecule has 6 heteroatoms. The molecule has 0 saturated carbocycles. The molecule has 0 amide bonds. The molecule has 0 aliphatic carbocycles. The first-order valence-corrected chi connectivity index (χ1v) is 6.99. The first kappa shape index (κ1) is 14.9. The van der Waals surface area contributed by atoms with Crippen LogP contribution in [0, 0.1) is 0 Å². The molecule has 0 radical (unpaired) electrons. The van der Waals surface area contributed by atoms with Gasteiger partial charge in [0, 0.05) is 0 Å². The summed E-state index contributed by atoms with van der Waals surface area (Å²) in [4.78, 5) is 0. The SMILES string of the molecule is NCCc1ccc(OCc2ccsc2)c(C(F)(F)F)c1. The van der Waals surface area contributed by atoms with Gasteiger partial charge in [-0.25, -0.2) is 0 Å². The summed E-state index contributed by atoms with van der Waals surface area (Å²) in [5.41, 5.74) is 6.03. The number of alkyl halides is 3. The Kier molecular flexibility index (Phi) is 4.67. The molecule has 0 aliphatic heterocycles. The van der Waals surface area contributed by atoms with E-state index in [1.54, 1.807) is 6.07 Å². The van der Waals surface area contributed by atoms with Crippen molar-refractivity contribution in [3.8, 4) is 5.75 Å². The zero-order valence-electron chi connectivity index (χ0n) is 10.6. The molecule has 0 saturated heterocycles. The van der Waals surface area contributed by atoms with Gasteiger partial charge in [0.15, 0.2) is 0 Å². The van der Waals surface area contributed by atoms with Crippen LogP contribution in [0.4, 0.5) is 13.2 Å². The van der Waals surface area contributed by atoms with Crippen LogP contribution in [0.25, 0.3) is 0 Å². The molecule has 20 heavy (non-hydrogen) atoms. The van der Waals surface area contributed by atoms with Crippen LogP contribution in [0.5, 0.6) is 5.75 Å². The second kappa shape index (κ2) is 6.28. The molecule has 108 valence electrons. The number of thiophene rings is 1. The van der Waals surface area contributed by atoms with E-state index in [4.69, 9.17) is 10.5 Å². The van der Waals surface area contributed by atoms with Crippen LogP contribution in [-0.2, 0) is 19.2 Å². The van der Waals surface area contributed by atoms with E-state index in [0.29, 0.717) is 18.5 Å². The Morgan fingerprint density at radius 1 is 1.15 bits per heavy atom. The average molecular weight is 301 g/mol. The number of rotatable bonds is 5. The van der Waals surface area contributed by atoms with Crippen molar-refractivity contribution in [1.82, 2.24) is 0 Å². The minimum Gasteiger partial charge on any atom is -0.488 e. The topological polar surface area (TPSA) is 35.2 Å². The van der Waals surface area contributed by atoms with Crippen LogP contribution in [0.15, 0.2) is 35.0 Å². The van der Waals surface area contributed by atoms with E-state index in [1.165, 1.54) is 17.4 Å². The fourth-order valence-electron chi connectivity index (χ4n) is 1.78. The molecule has 2 N–H and O–H groups in total. The molecule has 1 aromatic carbocycles. The number of hydrogen-bond donors (Lipinski definition) is 1. The van der Waals surface area contributed by atoms with Crippen LogP contribution < -0.4 is 10.5 Å². The van der Waals surface area contributed by atoms with Gasteiger partial charge in [-0.3, -0.25) is 0 Å². The predicted molar refractivity (Wildman–Crippen MR) is 72.9 cm³/mol. The molecule has 0 aliphatic rings.